The summed E-state index contributed by atoms with van der Waals surface area (Å²) in [4.78, 5) is 10.9. The molecule has 0 aliphatic heterocycles. The molecule has 1 saturated carbocycles. The minimum absolute atomic E-state index is 0.176. The Morgan fingerprint density at radius 3 is 2.71 bits per heavy atom. The lowest BCUT2D eigenvalue weighted by molar-refractivity contribution is -0.111. The summed E-state index contributed by atoms with van der Waals surface area (Å²) in [5, 5.41) is 0.778. The predicted molar refractivity (Wildman–Crippen MR) is 57.4 cm³/mol. The van der Waals surface area contributed by atoms with Crippen molar-refractivity contribution in [1.29, 1.82) is 0 Å². The Morgan fingerprint density at radius 1 is 1.43 bits per heavy atom. The number of carbonyl (C=O) groups excluding carboxylic acids is 1. The first-order chi connectivity index (χ1) is 6.81. The van der Waals surface area contributed by atoms with Crippen LogP contribution in [0.2, 0.25) is 5.02 Å². The number of carbonyl (C=O) groups is 1. The van der Waals surface area contributed by atoms with Crippen molar-refractivity contribution in [3.63, 3.8) is 0 Å². The van der Waals surface area contributed by atoms with Gasteiger partial charge in [-0.05, 0) is 36.8 Å². The van der Waals surface area contributed by atoms with Gasteiger partial charge in [0.05, 0.1) is 0 Å². The van der Waals surface area contributed by atoms with Crippen LogP contribution in [0.1, 0.15) is 18.4 Å². The fourth-order valence-corrected chi connectivity index (χ4v) is 1.98. The molecule has 1 fully saturated rings. The molecule has 2 heteroatoms. The molecule has 0 aromatic heterocycles. The van der Waals surface area contributed by atoms with Crippen molar-refractivity contribution >= 4 is 17.9 Å². The Bertz CT molecular complexity index is 331. The summed E-state index contributed by atoms with van der Waals surface area (Å²) >= 11 is 6.03. The predicted octanol–water partition coefficient (Wildman–Crippen LogP) is 3.11. The third-order valence-corrected chi connectivity index (χ3v) is 3.18. The van der Waals surface area contributed by atoms with E-state index in [1.807, 2.05) is 24.3 Å². The zero-order valence-electron chi connectivity index (χ0n) is 7.95. The molecule has 1 nitrogen and oxygen atoms in total. The second-order valence-corrected chi connectivity index (χ2v) is 4.34. The first-order valence-corrected chi connectivity index (χ1v) is 5.37. The fourth-order valence-electron chi connectivity index (χ4n) is 1.77. The standard InChI is InChI=1S/C12H13ClO/c13-12-4-2-1-3-10(12)7-11(8-14)9-5-6-9/h1-4,8-9,11H,5-7H2. The minimum atomic E-state index is 0.176. The Kier molecular flexibility index (Phi) is 2.87. The van der Waals surface area contributed by atoms with E-state index in [0.717, 1.165) is 23.3 Å². The maximum absolute atomic E-state index is 10.9. The number of hydrogen-bond acceptors (Lipinski definition) is 1. The summed E-state index contributed by atoms with van der Waals surface area (Å²) in [6, 6.07) is 7.77. The summed E-state index contributed by atoms with van der Waals surface area (Å²) in [6.45, 7) is 0. The molecule has 1 aromatic carbocycles. The summed E-state index contributed by atoms with van der Waals surface area (Å²) in [6.07, 6.45) is 4.29. The van der Waals surface area contributed by atoms with Crippen molar-refractivity contribution in [3.8, 4) is 0 Å². The van der Waals surface area contributed by atoms with Crippen LogP contribution in [-0.2, 0) is 11.2 Å². The maximum Gasteiger partial charge on any atom is 0.123 e. The molecule has 1 atom stereocenters. The van der Waals surface area contributed by atoms with Gasteiger partial charge in [-0.2, -0.15) is 0 Å². The molecule has 1 aromatic rings. The van der Waals surface area contributed by atoms with Crippen molar-refractivity contribution in [3.05, 3.63) is 34.9 Å². The van der Waals surface area contributed by atoms with Crippen molar-refractivity contribution in [2.24, 2.45) is 11.8 Å². The highest BCUT2D eigenvalue weighted by Gasteiger charge is 2.31. The first-order valence-electron chi connectivity index (χ1n) is 5.00. The van der Waals surface area contributed by atoms with Crippen LogP contribution in [0, 0.1) is 11.8 Å². The molecule has 1 unspecified atom stereocenters. The zero-order valence-corrected chi connectivity index (χ0v) is 8.70. The van der Waals surface area contributed by atoms with Gasteiger partial charge in [0, 0.05) is 10.9 Å². The molecule has 0 radical (unpaired) electrons. The zero-order chi connectivity index (χ0) is 9.97. The van der Waals surface area contributed by atoms with Gasteiger partial charge in [0.1, 0.15) is 6.29 Å². The topological polar surface area (TPSA) is 17.1 Å². The quantitative estimate of drug-likeness (QED) is 0.695. The maximum atomic E-state index is 10.9. The highest BCUT2D eigenvalue weighted by atomic mass is 35.5. The lowest BCUT2D eigenvalue weighted by Crippen LogP contribution is -2.08. The monoisotopic (exact) mass is 208 g/mol. The van der Waals surface area contributed by atoms with E-state index in [-0.39, 0.29) is 5.92 Å². The lowest BCUT2D eigenvalue weighted by Gasteiger charge is -2.09. The van der Waals surface area contributed by atoms with Crippen LogP contribution in [0.5, 0.6) is 0 Å². The van der Waals surface area contributed by atoms with E-state index in [9.17, 15) is 4.79 Å². The molecule has 0 N–H and O–H groups in total. The highest BCUT2D eigenvalue weighted by Crippen LogP contribution is 2.38. The largest absolute Gasteiger partial charge is 0.303 e. The number of rotatable bonds is 4. The number of aldehydes is 1. The van der Waals surface area contributed by atoms with E-state index >= 15 is 0 Å². The molecule has 2 rings (SSSR count). The van der Waals surface area contributed by atoms with Crippen LogP contribution in [-0.4, -0.2) is 6.29 Å². The van der Waals surface area contributed by atoms with E-state index in [2.05, 4.69) is 0 Å². The molecule has 14 heavy (non-hydrogen) atoms. The molecule has 0 amide bonds. The molecule has 0 heterocycles. The van der Waals surface area contributed by atoms with Crippen LogP contribution in [0.4, 0.5) is 0 Å². The molecular weight excluding hydrogens is 196 g/mol. The number of halogens is 1. The number of hydrogen-bond donors (Lipinski definition) is 0. The molecule has 1 aliphatic rings. The van der Waals surface area contributed by atoms with Gasteiger partial charge in [-0.25, -0.2) is 0 Å². The van der Waals surface area contributed by atoms with Crippen LogP contribution in [0.3, 0.4) is 0 Å². The van der Waals surface area contributed by atoms with Gasteiger partial charge in [0.2, 0.25) is 0 Å². The molecule has 1 aliphatic carbocycles. The Balaban J connectivity index is 2.08. The molecular formula is C12H13ClO. The van der Waals surface area contributed by atoms with Crippen molar-refractivity contribution in [2.75, 3.05) is 0 Å². The second kappa shape index (κ2) is 4.14. The normalized spacial score (nSPS) is 17.8. The van der Waals surface area contributed by atoms with Gasteiger partial charge in [-0.3, -0.25) is 0 Å². The Morgan fingerprint density at radius 2 is 2.14 bits per heavy atom. The van der Waals surface area contributed by atoms with Crippen LogP contribution < -0.4 is 0 Å². The fraction of sp³-hybridized carbons (Fsp3) is 0.417. The molecule has 74 valence electrons. The van der Waals surface area contributed by atoms with Gasteiger partial charge < -0.3 is 4.79 Å². The highest BCUT2D eigenvalue weighted by molar-refractivity contribution is 6.31. The summed E-state index contributed by atoms with van der Waals surface area (Å²) in [5.74, 6) is 0.790. The third-order valence-electron chi connectivity index (χ3n) is 2.82. The first kappa shape index (κ1) is 9.72. The molecule has 0 spiro atoms. The van der Waals surface area contributed by atoms with Crippen LogP contribution in [0.15, 0.2) is 24.3 Å². The van der Waals surface area contributed by atoms with Gasteiger partial charge in [-0.15, -0.1) is 0 Å². The SMILES string of the molecule is O=CC(Cc1ccccc1Cl)C1CC1. The van der Waals surface area contributed by atoms with Crippen LogP contribution in [0.25, 0.3) is 0 Å². The lowest BCUT2D eigenvalue weighted by atomic mass is 9.96. The summed E-state index contributed by atoms with van der Waals surface area (Å²) < 4.78 is 0. The van der Waals surface area contributed by atoms with Crippen molar-refractivity contribution < 1.29 is 4.79 Å². The van der Waals surface area contributed by atoms with E-state index in [1.54, 1.807) is 0 Å². The van der Waals surface area contributed by atoms with Gasteiger partial charge in [0.15, 0.2) is 0 Å². The van der Waals surface area contributed by atoms with Gasteiger partial charge >= 0.3 is 0 Å². The number of benzene rings is 1. The average molecular weight is 209 g/mol. The smallest absolute Gasteiger partial charge is 0.123 e. The molecule has 0 bridgehead atoms. The van der Waals surface area contributed by atoms with E-state index in [0.29, 0.717) is 5.92 Å². The van der Waals surface area contributed by atoms with Crippen molar-refractivity contribution in [2.45, 2.75) is 19.3 Å². The van der Waals surface area contributed by atoms with Gasteiger partial charge in [0.25, 0.3) is 0 Å². The molecule has 0 saturated heterocycles. The van der Waals surface area contributed by atoms with Crippen molar-refractivity contribution in [1.82, 2.24) is 0 Å². The van der Waals surface area contributed by atoms with E-state index < -0.39 is 0 Å². The Hall–Kier alpha value is -0.820. The minimum Gasteiger partial charge on any atom is -0.303 e. The average Bonchev–Trinajstić information content (AvgIpc) is 3.00. The second-order valence-electron chi connectivity index (χ2n) is 3.93. The third kappa shape index (κ3) is 2.16. The Labute approximate surface area is 89.1 Å². The van der Waals surface area contributed by atoms with E-state index in [1.165, 1.54) is 12.8 Å². The summed E-state index contributed by atoms with van der Waals surface area (Å²) in [7, 11) is 0. The van der Waals surface area contributed by atoms with E-state index in [4.69, 9.17) is 11.6 Å². The summed E-state index contributed by atoms with van der Waals surface area (Å²) in [5.41, 5.74) is 1.10. The van der Waals surface area contributed by atoms with Crippen LogP contribution >= 0.6 is 11.6 Å². The van der Waals surface area contributed by atoms with Gasteiger partial charge in [-0.1, -0.05) is 29.8 Å².